The molecule has 1 aliphatic rings. The molecule has 3 nitrogen and oxygen atoms in total. The van der Waals surface area contributed by atoms with E-state index in [1.54, 1.807) is 0 Å². The van der Waals surface area contributed by atoms with Crippen LogP contribution in [0, 0.1) is 33.8 Å². The zero-order chi connectivity index (χ0) is 28.9. The SMILES string of the molecule is Cc1cc(C)cc(C(O)CC(O)c2cc(C)cc(C)c2)c1.[Ir].[c-]1ccc2c(c1-c1ccccn1)[Se]c1ccccc1[Se]2. The standard InChI is InChI=1S/C19H24O2.C17H10NSe2.Ir/c1-12-5-13(2)8-16(7-12)18(20)11-19(21)17-9-14(3)6-15(4)10-17;1-2-9-15-14(8-1)19-16-10-5-6-12(17(16)20-15)13-7-3-4-11-18-13;/h5-10,18-21H,11H2,1-4H3;1-5,7-11H;/q;-1;. The van der Waals surface area contributed by atoms with E-state index in [0.29, 0.717) is 36.3 Å². The summed E-state index contributed by atoms with van der Waals surface area (Å²) in [6.07, 6.45) is 0.863. The summed E-state index contributed by atoms with van der Waals surface area (Å²) in [5, 5.41) is 20.8. The summed E-state index contributed by atoms with van der Waals surface area (Å²) in [7, 11) is 0. The minimum atomic E-state index is -0.653. The maximum absolute atomic E-state index is 10.4. The Balaban J connectivity index is 0.000000188. The van der Waals surface area contributed by atoms with Crippen molar-refractivity contribution in [2.75, 3.05) is 0 Å². The molecule has 0 saturated heterocycles. The molecule has 0 amide bonds. The van der Waals surface area contributed by atoms with Crippen LogP contribution < -0.4 is 17.8 Å². The van der Waals surface area contributed by atoms with Crippen LogP contribution in [0.4, 0.5) is 0 Å². The summed E-state index contributed by atoms with van der Waals surface area (Å²) in [6, 6.07) is 34.7. The van der Waals surface area contributed by atoms with E-state index < -0.39 is 12.2 Å². The Morgan fingerprint density at radius 3 is 1.71 bits per heavy atom. The van der Waals surface area contributed by atoms with Crippen molar-refractivity contribution in [1.82, 2.24) is 4.98 Å². The Bertz CT molecular complexity index is 1560. The topological polar surface area (TPSA) is 53.4 Å². The molecule has 6 rings (SSSR count). The van der Waals surface area contributed by atoms with Crippen molar-refractivity contribution in [3.05, 3.63) is 137 Å². The summed E-state index contributed by atoms with van der Waals surface area (Å²) in [6.45, 7) is 8.07. The van der Waals surface area contributed by atoms with Crippen molar-refractivity contribution in [2.24, 2.45) is 0 Å². The molecule has 42 heavy (non-hydrogen) atoms. The minimum absolute atomic E-state index is 0. The molecule has 1 aliphatic heterocycles. The quantitative estimate of drug-likeness (QED) is 0.202. The van der Waals surface area contributed by atoms with Gasteiger partial charge in [-0.2, -0.15) is 0 Å². The van der Waals surface area contributed by atoms with E-state index in [1.165, 1.54) is 23.4 Å². The van der Waals surface area contributed by atoms with Crippen LogP contribution in [-0.2, 0) is 20.1 Å². The molecule has 0 bridgehead atoms. The molecule has 4 aromatic carbocycles. The van der Waals surface area contributed by atoms with E-state index >= 15 is 0 Å². The summed E-state index contributed by atoms with van der Waals surface area (Å²) in [4.78, 5) is 4.50. The van der Waals surface area contributed by atoms with Gasteiger partial charge in [0.1, 0.15) is 0 Å². The van der Waals surface area contributed by atoms with Gasteiger partial charge in [-0.15, -0.1) is 0 Å². The van der Waals surface area contributed by atoms with E-state index in [-0.39, 0.29) is 20.1 Å². The van der Waals surface area contributed by atoms with Crippen LogP contribution in [0.15, 0.2) is 97.2 Å². The van der Waals surface area contributed by atoms with Crippen molar-refractivity contribution in [3.8, 4) is 11.3 Å². The Hall–Kier alpha value is -2.36. The molecular weight excluding hydrogens is 829 g/mol. The van der Waals surface area contributed by atoms with E-state index in [9.17, 15) is 10.2 Å². The van der Waals surface area contributed by atoms with Crippen molar-refractivity contribution in [2.45, 2.75) is 46.3 Å². The van der Waals surface area contributed by atoms with Crippen molar-refractivity contribution < 1.29 is 30.3 Å². The first-order valence-electron chi connectivity index (χ1n) is 13.7. The number of aliphatic hydroxyl groups excluding tert-OH is 2. The van der Waals surface area contributed by atoms with Gasteiger partial charge in [-0.3, -0.25) is 0 Å². The monoisotopic (exact) mass is 865 g/mol. The summed E-state index contributed by atoms with van der Waals surface area (Å²) < 4.78 is 6.02. The normalized spacial score (nSPS) is 13.0. The van der Waals surface area contributed by atoms with Gasteiger partial charge in [-0.1, -0.05) is 58.7 Å². The molecule has 0 spiro atoms. The van der Waals surface area contributed by atoms with Gasteiger partial charge in [-0.05, 0) is 38.8 Å². The molecule has 0 aliphatic carbocycles. The summed E-state index contributed by atoms with van der Waals surface area (Å²) in [5.41, 5.74) is 8.50. The van der Waals surface area contributed by atoms with Gasteiger partial charge >= 0.3 is 131 Å². The molecule has 1 radical (unpaired) electrons. The Labute approximate surface area is 275 Å². The summed E-state index contributed by atoms with van der Waals surface area (Å²) in [5.74, 6) is 0. The molecule has 6 heteroatoms. The van der Waals surface area contributed by atoms with Gasteiger partial charge in [0.15, 0.2) is 0 Å². The molecule has 2 N–H and O–H groups in total. The number of aryl methyl sites for hydroxylation is 4. The molecule has 0 saturated carbocycles. The van der Waals surface area contributed by atoms with Gasteiger partial charge in [0, 0.05) is 26.5 Å². The first-order valence-corrected chi connectivity index (χ1v) is 17.1. The van der Waals surface area contributed by atoms with Gasteiger partial charge in [-0.25, -0.2) is 0 Å². The van der Waals surface area contributed by atoms with Crippen LogP contribution in [0.3, 0.4) is 0 Å². The zero-order valence-electron chi connectivity index (χ0n) is 24.1. The Morgan fingerprint density at radius 2 is 1.19 bits per heavy atom. The number of rotatable bonds is 5. The molecule has 2 atom stereocenters. The molecule has 217 valence electrons. The zero-order valence-corrected chi connectivity index (χ0v) is 29.9. The summed E-state index contributed by atoms with van der Waals surface area (Å²) >= 11 is 0.765. The fourth-order valence-corrected chi connectivity index (χ4v) is 10.8. The number of fused-ring (bicyclic) bond motifs is 2. The van der Waals surface area contributed by atoms with E-state index in [0.717, 1.165) is 39.1 Å². The van der Waals surface area contributed by atoms with Crippen LogP contribution in [0.1, 0.15) is 52.0 Å². The van der Waals surface area contributed by atoms with Gasteiger partial charge < -0.3 is 10.2 Å². The third-order valence-electron chi connectivity index (χ3n) is 6.82. The number of aliphatic hydroxyl groups is 2. The molecule has 1 aromatic heterocycles. The van der Waals surface area contributed by atoms with Crippen LogP contribution in [-0.4, -0.2) is 45.1 Å². The second kappa shape index (κ2) is 14.9. The second-order valence-electron chi connectivity index (χ2n) is 10.5. The molecule has 0 fully saturated rings. The van der Waals surface area contributed by atoms with Crippen LogP contribution in [0.5, 0.6) is 0 Å². The fourth-order valence-electron chi connectivity index (χ4n) is 5.08. The third-order valence-corrected chi connectivity index (χ3v) is 13.0. The van der Waals surface area contributed by atoms with Crippen LogP contribution in [0.2, 0.25) is 0 Å². The van der Waals surface area contributed by atoms with Crippen LogP contribution in [0.25, 0.3) is 11.3 Å². The Morgan fingerprint density at radius 1 is 0.667 bits per heavy atom. The average Bonchev–Trinajstić information content (AvgIpc) is 2.95. The van der Waals surface area contributed by atoms with Crippen molar-refractivity contribution >= 4 is 47.8 Å². The van der Waals surface area contributed by atoms with Crippen LogP contribution >= 0.6 is 0 Å². The molecule has 5 aromatic rings. The Kier molecular flexibility index (Phi) is 11.5. The van der Waals surface area contributed by atoms with E-state index in [2.05, 4.69) is 65.6 Å². The van der Waals surface area contributed by atoms with Gasteiger partial charge in [0.05, 0.1) is 12.2 Å². The number of hydrogen-bond acceptors (Lipinski definition) is 3. The van der Waals surface area contributed by atoms with Gasteiger partial charge in [0.2, 0.25) is 0 Å². The number of benzene rings is 4. The van der Waals surface area contributed by atoms with Gasteiger partial charge in [0.25, 0.3) is 0 Å². The predicted octanol–water partition coefficient (Wildman–Crippen LogP) is 4.25. The molecule has 2 unspecified atom stereocenters. The van der Waals surface area contributed by atoms with Crippen molar-refractivity contribution in [3.63, 3.8) is 0 Å². The number of pyridine rings is 1. The first-order chi connectivity index (χ1) is 19.8. The fraction of sp³-hybridized carbons (Fsp3) is 0.194. The molecule has 2 heterocycles. The number of hydrogen-bond donors (Lipinski definition) is 2. The maximum atomic E-state index is 10.4. The molecular formula is C36H34IrNO2Se2-. The average molecular weight is 863 g/mol. The van der Waals surface area contributed by atoms with E-state index in [1.807, 2.05) is 70.3 Å². The number of nitrogens with zero attached hydrogens (tertiary/aromatic N) is 1. The third kappa shape index (κ3) is 8.17. The number of aromatic nitrogens is 1. The predicted molar refractivity (Wildman–Crippen MR) is 171 cm³/mol. The second-order valence-corrected chi connectivity index (χ2v) is 15.0. The van der Waals surface area contributed by atoms with E-state index in [4.69, 9.17) is 0 Å². The van der Waals surface area contributed by atoms with Crippen molar-refractivity contribution in [1.29, 1.82) is 0 Å². The first kappa shape index (κ1) is 32.6.